The fourth-order valence-electron chi connectivity index (χ4n) is 1.91. The minimum Gasteiger partial charge on any atom is -0.403 e. The molecular formula is C16H10ClNO2. The van der Waals surface area contributed by atoms with Crippen molar-refractivity contribution >= 4 is 11.6 Å². The third-order valence-electron chi connectivity index (χ3n) is 2.85. The molecule has 0 saturated carbocycles. The third kappa shape index (κ3) is 2.49. The first kappa shape index (κ1) is 12.6. The molecule has 0 fully saturated rings. The van der Waals surface area contributed by atoms with Crippen molar-refractivity contribution < 1.29 is 4.42 Å². The largest absolute Gasteiger partial charge is 0.403 e. The Labute approximate surface area is 120 Å². The zero-order valence-corrected chi connectivity index (χ0v) is 11.2. The van der Waals surface area contributed by atoms with Crippen molar-refractivity contribution in [2.24, 2.45) is 0 Å². The van der Waals surface area contributed by atoms with Gasteiger partial charge in [-0.25, -0.2) is 9.78 Å². The van der Waals surface area contributed by atoms with Crippen LogP contribution in [0.1, 0.15) is 0 Å². The smallest absolute Gasteiger partial charge is 0.339 e. The van der Waals surface area contributed by atoms with Crippen LogP contribution in [0.5, 0.6) is 0 Å². The van der Waals surface area contributed by atoms with E-state index in [1.807, 2.05) is 42.5 Å². The molecular weight excluding hydrogens is 274 g/mol. The topological polar surface area (TPSA) is 43.1 Å². The van der Waals surface area contributed by atoms with Gasteiger partial charge in [0.1, 0.15) is 0 Å². The monoisotopic (exact) mass is 283 g/mol. The summed E-state index contributed by atoms with van der Waals surface area (Å²) in [5.41, 5.74) is 1.57. The molecule has 0 unspecified atom stereocenters. The van der Waals surface area contributed by atoms with Gasteiger partial charge in [-0.1, -0.05) is 54.1 Å². The van der Waals surface area contributed by atoms with Crippen LogP contribution in [0.3, 0.4) is 0 Å². The van der Waals surface area contributed by atoms with Crippen molar-refractivity contribution in [3.05, 3.63) is 76.1 Å². The maximum atomic E-state index is 11.7. The van der Waals surface area contributed by atoms with Crippen LogP contribution in [0.15, 0.2) is 69.9 Å². The van der Waals surface area contributed by atoms with Crippen LogP contribution in [-0.4, -0.2) is 4.98 Å². The predicted molar refractivity (Wildman–Crippen MR) is 78.7 cm³/mol. The lowest BCUT2D eigenvalue weighted by Gasteiger charge is -2.04. The van der Waals surface area contributed by atoms with Crippen LogP contribution in [0.25, 0.3) is 22.7 Å². The minimum absolute atomic E-state index is 0.224. The molecule has 1 heterocycles. The lowest BCUT2D eigenvalue weighted by Crippen LogP contribution is -2.02. The van der Waals surface area contributed by atoms with Crippen molar-refractivity contribution in [3.8, 4) is 22.7 Å². The maximum absolute atomic E-state index is 11.7. The zero-order chi connectivity index (χ0) is 13.9. The highest BCUT2D eigenvalue weighted by Gasteiger charge is 2.10. The molecule has 20 heavy (non-hydrogen) atoms. The highest BCUT2D eigenvalue weighted by Crippen LogP contribution is 2.26. The SMILES string of the molecule is O=c1cc(-c2ccccc2)nc(-c2ccccc2Cl)o1. The van der Waals surface area contributed by atoms with Gasteiger partial charge in [0.25, 0.3) is 0 Å². The van der Waals surface area contributed by atoms with E-state index in [4.69, 9.17) is 16.0 Å². The van der Waals surface area contributed by atoms with Gasteiger partial charge in [-0.05, 0) is 12.1 Å². The summed E-state index contributed by atoms with van der Waals surface area (Å²) in [5.74, 6) is 0.224. The van der Waals surface area contributed by atoms with Crippen molar-refractivity contribution in [2.45, 2.75) is 0 Å². The van der Waals surface area contributed by atoms with Crippen LogP contribution >= 0.6 is 11.6 Å². The third-order valence-corrected chi connectivity index (χ3v) is 3.18. The molecule has 0 aliphatic heterocycles. The van der Waals surface area contributed by atoms with Crippen molar-refractivity contribution in [2.75, 3.05) is 0 Å². The summed E-state index contributed by atoms with van der Waals surface area (Å²) in [5, 5.41) is 0.494. The van der Waals surface area contributed by atoms with E-state index in [2.05, 4.69) is 4.98 Å². The molecule has 0 bridgehead atoms. The lowest BCUT2D eigenvalue weighted by atomic mass is 10.1. The summed E-state index contributed by atoms with van der Waals surface area (Å²) in [4.78, 5) is 16.1. The summed E-state index contributed by atoms with van der Waals surface area (Å²) in [6.45, 7) is 0. The van der Waals surface area contributed by atoms with Crippen molar-refractivity contribution in [1.29, 1.82) is 0 Å². The van der Waals surface area contributed by atoms with E-state index < -0.39 is 5.63 Å². The number of rotatable bonds is 2. The van der Waals surface area contributed by atoms with Crippen LogP contribution in [0.2, 0.25) is 5.02 Å². The van der Waals surface area contributed by atoms with Crippen molar-refractivity contribution in [1.82, 2.24) is 4.98 Å². The second-order valence-electron chi connectivity index (χ2n) is 4.21. The molecule has 0 amide bonds. The summed E-state index contributed by atoms with van der Waals surface area (Å²) in [6, 6.07) is 18.0. The first-order valence-corrected chi connectivity index (χ1v) is 6.44. The Balaban J connectivity index is 2.18. The molecule has 2 aromatic carbocycles. The molecule has 3 aromatic rings. The van der Waals surface area contributed by atoms with Gasteiger partial charge in [0.05, 0.1) is 22.3 Å². The van der Waals surface area contributed by atoms with Gasteiger partial charge in [-0.2, -0.15) is 0 Å². The van der Waals surface area contributed by atoms with Gasteiger partial charge >= 0.3 is 5.63 Å². The van der Waals surface area contributed by atoms with Gasteiger partial charge in [-0.3, -0.25) is 0 Å². The highest BCUT2D eigenvalue weighted by atomic mass is 35.5. The fourth-order valence-corrected chi connectivity index (χ4v) is 2.12. The molecule has 3 nitrogen and oxygen atoms in total. The Morgan fingerprint density at radius 2 is 1.65 bits per heavy atom. The van der Waals surface area contributed by atoms with E-state index in [-0.39, 0.29) is 5.89 Å². The maximum Gasteiger partial charge on any atom is 0.339 e. The molecule has 0 atom stereocenters. The molecule has 0 aliphatic carbocycles. The predicted octanol–water partition coefficient (Wildman–Crippen LogP) is 4.02. The van der Waals surface area contributed by atoms with Gasteiger partial charge < -0.3 is 4.42 Å². The summed E-state index contributed by atoms with van der Waals surface area (Å²) in [7, 11) is 0. The second-order valence-corrected chi connectivity index (χ2v) is 4.62. The van der Waals surface area contributed by atoms with Gasteiger partial charge in [-0.15, -0.1) is 0 Å². The van der Waals surface area contributed by atoms with E-state index in [9.17, 15) is 4.79 Å². The van der Waals surface area contributed by atoms with Crippen molar-refractivity contribution in [3.63, 3.8) is 0 Å². The quantitative estimate of drug-likeness (QED) is 0.713. The molecule has 0 saturated heterocycles. The Morgan fingerprint density at radius 1 is 0.950 bits per heavy atom. The normalized spacial score (nSPS) is 10.4. The van der Waals surface area contributed by atoms with Crippen LogP contribution in [0, 0.1) is 0 Å². The van der Waals surface area contributed by atoms with Gasteiger partial charge in [0, 0.05) is 5.56 Å². The molecule has 0 spiro atoms. The molecule has 1 aromatic heterocycles. The number of aromatic nitrogens is 1. The average molecular weight is 284 g/mol. The van der Waals surface area contributed by atoms with Crippen LogP contribution < -0.4 is 5.63 Å². The van der Waals surface area contributed by atoms with Crippen LogP contribution in [0.4, 0.5) is 0 Å². The Kier molecular flexibility index (Phi) is 3.35. The first-order valence-electron chi connectivity index (χ1n) is 6.06. The van der Waals surface area contributed by atoms with E-state index in [1.54, 1.807) is 12.1 Å². The number of hydrogen-bond donors (Lipinski definition) is 0. The Bertz CT molecular complexity index is 797. The first-order chi connectivity index (χ1) is 9.74. The Hall–Kier alpha value is -2.39. The highest BCUT2D eigenvalue weighted by molar-refractivity contribution is 6.33. The molecule has 3 rings (SSSR count). The average Bonchev–Trinajstić information content (AvgIpc) is 2.48. The Morgan fingerprint density at radius 3 is 2.40 bits per heavy atom. The lowest BCUT2D eigenvalue weighted by molar-refractivity contribution is 0.509. The standard InChI is InChI=1S/C16H10ClNO2/c17-13-9-5-4-8-12(13)16-18-14(10-15(19)20-16)11-6-2-1-3-7-11/h1-10H. The zero-order valence-electron chi connectivity index (χ0n) is 10.4. The summed E-state index contributed by atoms with van der Waals surface area (Å²) >= 11 is 6.11. The number of halogens is 1. The number of hydrogen-bond acceptors (Lipinski definition) is 3. The van der Waals surface area contributed by atoms with E-state index in [0.717, 1.165) is 5.56 Å². The molecule has 0 N–H and O–H groups in total. The molecule has 0 aliphatic rings. The summed E-state index contributed by atoms with van der Waals surface area (Å²) < 4.78 is 5.16. The minimum atomic E-state index is -0.450. The van der Waals surface area contributed by atoms with Gasteiger partial charge in [0.2, 0.25) is 5.89 Å². The fraction of sp³-hybridized carbons (Fsp3) is 0. The second kappa shape index (κ2) is 5.31. The van der Waals surface area contributed by atoms with E-state index >= 15 is 0 Å². The van der Waals surface area contributed by atoms with E-state index in [1.165, 1.54) is 6.07 Å². The van der Waals surface area contributed by atoms with Gasteiger partial charge in [0.15, 0.2) is 0 Å². The molecule has 98 valence electrons. The van der Waals surface area contributed by atoms with Crippen LogP contribution in [-0.2, 0) is 0 Å². The molecule has 4 heteroatoms. The number of nitrogens with zero attached hydrogens (tertiary/aromatic N) is 1. The molecule has 0 radical (unpaired) electrons. The number of benzene rings is 2. The summed E-state index contributed by atoms with van der Waals surface area (Å²) in [6.07, 6.45) is 0. The van der Waals surface area contributed by atoms with E-state index in [0.29, 0.717) is 16.3 Å².